The first-order valence-corrected chi connectivity index (χ1v) is 11.9. The number of nitrogens with zero attached hydrogens (tertiary/aromatic N) is 3. The predicted octanol–water partition coefficient (Wildman–Crippen LogP) is 1.24. The topological polar surface area (TPSA) is 105 Å². The SMILES string of the molecule is CN(C)CC(C)(C)CNC(=O)C1CCN(S(=O)(=O)c2ccc3c(c2)oc(=O)n3C)CC1. The molecule has 0 radical (unpaired) electrons. The van der Waals surface area contributed by atoms with Gasteiger partial charge in [0.05, 0.1) is 10.4 Å². The lowest BCUT2D eigenvalue weighted by Gasteiger charge is -2.32. The number of piperidine rings is 1. The number of aromatic nitrogens is 1. The van der Waals surface area contributed by atoms with Gasteiger partial charge in [-0.25, -0.2) is 13.2 Å². The molecule has 1 N–H and O–H groups in total. The normalized spacial score (nSPS) is 16.8. The molecule has 9 nitrogen and oxygen atoms in total. The maximum absolute atomic E-state index is 13.1. The predicted molar refractivity (Wildman–Crippen MR) is 118 cm³/mol. The highest BCUT2D eigenvalue weighted by atomic mass is 32.2. The third kappa shape index (κ3) is 5.19. The van der Waals surface area contributed by atoms with Gasteiger partial charge in [-0.1, -0.05) is 13.8 Å². The van der Waals surface area contributed by atoms with E-state index in [1.54, 1.807) is 13.1 Å². The fourth-order valence-corrected chi connectivity index (χ4v) is 5.65. The Morgan fingerprint density at radius 3 is 2.52 bits per heavy atom. The molecule has 2 heterocycles. The maximum Gasteiger partial charge on any atom is 0.419 e. The van der Waals surface area contributed by atoms with Crippen LogP contribution in [-0.4, -0.2) is 68.4 Å². The summed E-state index contributed by atoms with van der Waals surface area (Å²) in [5.74, 6) is -0.752. The summed E-state index contributed by atoms with van der Waals surface area (Å²) >= 11 is 0. The largest absolute Gasteiger partial charge is 0.419 e. The number of oxazole rings is 1. The summed E-state index contributed by atoms with van der Waals surface area (Å²) in [4.78, 5) is 26.4. The van der Waals surface area contributed by atoms with Crippen LogP contribution in [-0.2, 0) is 21.9 Å². The molecule has 1 amide bonds. The molecule has 1 aromatic carbocycles. The molecule has 172 valence electrons. The molecule has 0 saturated carbocycles. The molecule has 2 aromatic rings. The Kier molecular flexibility index (Phi) is 6.64. The van der Waals surface area contributed by atoms with Crippen LogP contribution in [0.5, 0.6) is 0 Å². The summed E-state index contributed by atoms with van der Waals surface area (Å²) in [6.07, 6.45) is 0.948. The van der Waals surface area contributed by atoms with E-state index in [-0.39, 0.29) is 40.8 Å². The van der Waals surface area contributed by atoms with Gasteiger partial charge < -0.3 is 14.6 Å². The number of sulfonamides is 1. The molecular formula is C21H32N4O5S. The van der Waals surface area contributed by atoms with Gasteiger partial charge in [-0.3, -0.25) is 9.36 Å². The van der Waals surface area contributed by atoms with Crippen molar-refractivity contribution in [2.24, 2.45) is 18.4 Å². The van der Waals surface area contributed by atoms with Crippen molar-refractivity contribution in [3.8, 4) is 0 Å². The fraction of sp³-hybridized carbons (Fsp3) is 0.619. The average molecular weight is 453 g/mol. The highest BCUT2D eigenvalue weighted by Crippen LogP contribution is 2.26. The number of benzene rings is 1. The number of carbonyl (C=O) groups excluding carboxylic acids is 1. The van der Waals surface area contributed by atoms with Gasteiger partial charge >= 0.3 is 5.76 Å². The number of aryl methyl sites for hydroxylation is 1. The molecule has 0 aliphatic carbocycles. The second kappa shape index (κ2) is 8.76. The van der Waals surface area contributed by atoms with Gasteiger partial charge in [-0.2, -0.15) is 4.31 Å². The number of amides is 1. The summed E-state index contributed by atoms with van der Waals surface area (Å²) in [6.45, 7) is 6.19. The number of rotatable bonds is 7. The Hall–Kier alpha value is -2.17. The summed E-state index contributed by atoms with van der Waals surface area (Å²) < 4.78 is 34.0. The average Bonchev–Trinajstić information content (AvgIpc) is 2.98. The lowest BCUT2D eigenvalue weighted by Crippen LogP contribution is -2.45. The molecule has 1 aliphatic rings. The fourth-order valence-electron chi connectivity index (χ4n) is 4.16. The lowest BCUT2D eigenvalue weighted by atomic mass is 9.91. The third-order valence-corrected chi connectivity index (χ3v) is 7.61. The van der Waals surface area contributed by atoms with Crippen molar-refractivity contribution in [1.29, 1.82) is 0 Å². The number of nitrogens with one attached hydrogen (secondary N) is 1. The van der Waals surface area contributed by atoms with Gasteiger partial charge in [-0.05, 0) is 44.5 Å². The molecule has 10 heteroatoms. The van der Waals surface area contributed by atoms with E-state index in [2.05, 4.69) is 24.1 Å². The number of hydrogen-bond donors (Lipinski definition) is 1. The quantitative estimate of drug-likeness (QED) is 0.678. The van der Waals surface area contributed by atoms with Crippen LogP contribution in [0.1, 0.15) is 26.7 Å². The van der Waals surface area contributed by atoms with Gasteiger partial charge in [0.15, 0.2) is 5.58 Å². The summed E-state index contributed by atoms with van der Waals surface area (Å²) in [5, 5.41) is 3.03. The van der Waals surface area contributed by atoms with E-state index in [4.69, 9.17) is 4.42 Å². The summed E-state index contributed by atoms with van der Waals surface area (Å²) in [6, 6.07) is 4.44. The minimum atomic E-state index is -3.73. The lowest BCUT2D eigenvalue weighted by molar-refractivity contribution is -0.126. The first kappa shape index (κ1) is 23.5. The van der Waals surface area contributed by atoms with E-state index >= 15 is 0 Å². The standard InChI is InChI=1S/C21H32N4O5S/c1-21(2,14-23(3)4)13-22-19(26)15-8-10-25(11-9-15)31(28,29)16-6-7-17-18(12-16)30-20(27)24(17)5/h6-7,12,15H,8-11,13-14H2,1-5H3,(H,22,26). The molecule has 0 spiro atoms. The Balaban J connectivity index is 1.62. The van der Waals surface area contributed by atoms with Gasteiger partial charge in [0.1, 0.15) is 0 Å². The Morgan fingerprint density at radius 2 is 1.90 bits per heavy atom. The number of hydrogen-bond acceptors (Lipinski definition) is 6. The molecule has 1 aliphatic heterocycles. The van der Waals surface area contributed by atoms with Crippen LogP contribution in [0, 0.1) is 11.3 Å². The van der Waals surface area contributed by atoms with E-state index in [9.17, 15) is 18.0 Å². The van der Waals surface area contributed by atoms with Crippen LogP contribution in [0.25, 0.3) is 11.1 Å². The van der Waals surface area contributed by atoms with Crippen LogP contribution in [0.2, 0.25) is 0 Å². The van der Waals surface area contributed by atoms with Crippen LogP contribution in [0.4, 0.5) is 0 Å². The van der Waals surface area contributed by atoms with Crippen molar-refractivity contribution in [1.82, 2.24) is 19.1 Å². The van der Waals surface area contributed by atoms with E-state index in [0.717, 1.165) is 6.54 Å². The highest BCUT2D eigenvalue weighted by Gasteiger charge is 2.33. The molecular weight excluding hydrogens is 420 g/mol. The minimum absolute atomic E-state index is 0.0173. The second-order valence-electron chi connectivity index (χ2n) is 9.35. The molecule has 1 fully saturated rings. The Bertz CT molecular complexity index is 1110. The third-order valence-electron chi connectivity index (χ3n) is 5.71. The van der Waals surface area contributed by atoms with E-state index in [1.807, 2.05) is 14.1 Å². The van der Waals surface area contributed by atoms with Crippen LogP contribution < -0.4 is 11.1 Å². The second-order valence-corrected chi connectivity index (χ2v) is 11.3. The molecule has 31 heavy (non-hydrogen) atoms. The van der Waals surface area contributed by atoms with Crippen LogP contribution >= 0.6 is 0 Å². The van der Waals surface area contributed by atoms with Crippen LogP contribution in [0.3, 0.4) is 0 Å². The van der Waals surface area contributed by atoms with Crippen molar-refractivity contribution in [3.63, 3.8) is 0 Å². The van der Waals surface area contributed by atoms with E-state index < -0.39 is 15.8 Å². The first-order valence-electron chi connectivity index (χ1n) is 10.4. The number of carbonyl (C=O) groups is 1. The Morgan fingerprint density at radius 1 is 1.26 bits per heavy atom. The smallest absolute Gasteiger partial charge is 0.408 e. The van der Waals surface area contributed by atoms with Crippen molar-refractivity contribution in [2.45, 2.75) is 31.6 Å². The number of fused-ring (bicyclic) bond motifs is 1. The minimum Gasteiger partial charge on any atom is -0.408 e. The van der Waals surface area contributed by atoms with E-state index in [1.165, 1.54) is 21.0 Å². The van der Waals surface area contributed by atoms with Crippen molar-refractivity contribution in [3.05, 3.63) is 28.7 Å². The monoisotopic (exact) mass is 452 g/mol. The zero-order valence-electron chi connectivity index (χ0n) is 18.8. The summed E-state index contributed by atoms with van der Waals surface area (Å²) in [7, 11) is 1.84. The molecule has 1 aromatic heterocycles. The van der Waals surface area contributed by atoms with Crippen molar-refractivity contribution < 1.29 is 17.6 Å². The zero-order chi connectivity index (χ0) is 23.0. The molecule has 0 unspecified atom stereocenters. The Labute approximate surface area is 183 Å². The van der Waals surface area contributed by atoms with Crippen molar-refractivity contribution in [2.75, 3.05) is 40.3 Å². The van der Waals surface area contributed by atoms with Crippen molar-refractivity contribution >= 4 is 27.0 Å². The van der Waals surface area contributed by atoms with Gasteiger partial charge in [0.2, 0.25) is 15.9 Å². The maximum atomic E-state index is 13.1. The van der Waals surface area contributed by atoms with Crippen LogP contribution in [0.15, 0.2) is 32.3 Å². The van der Waals surface area contributed by atoms with Gasteiger partial charge in [0, 0.05) is 45.2 Å². The molecule has 0 atom stereocenters. The highest BCUT2D eigenvalue weighted by molar-refractivity contribution is 7.89. The van der Waals surface area contributed by atoms with E-state index in [0.29, 0.717) is 24.9 Å². The summed E-state index contributed by atoms with van der Waals surface area (Å²) in [5.41, 5.74) is 0.730. The van der Waals surface area contributed by atoms with Gasteiger partial charge in [0.25, 0.3) is 0 Å². The molecule has 1 saturated heterocycles. The van der Waals surface area contributed by atoms with Gasteiger partial charge in [-0.15, -0.1) is 0 Å². The first-order chi connectivity index (χ1) is 14.4. The molecule has 3 rings (SSSR count). The molecule has 0 bridgehead atoms. The zero-order valence-corrected chi connectivity index (χ0v) is 19.7.